The van der Waals surface area contributed by atoms with E-state index in [1.807, 2.05) is 0 Å². The standard InChI is InChI=1S/C69H45N/c1-4-14-60-51(9-1)12-7-17-62(60)53-31-27-47(28-32-53)45-19-23-49(24-20-45)55-35-39-68-66(43-55)67-44-56(36-40-69(67)70(68)59-37-38-65-58(42-59)41-57-11-3-6-16-64(57)65)50-25-21-46(22-26-50)48-29-33-54(34-30-48)63-18-8-13-52-10-2-5-15-61(52)63/h1-40,42-44H,41H2. The Bertz CT molecular complexity index is 3920. The average Bonchev–Trinajstić information content (AvgIpc) is 3.97. The zero-order chi connectivity index (χ0) is 46.1. The third-order valence-electron chi connectivity index (χ3n) is 14.9. The van der Waals surface area contributed by atoms with Gasteiger partial charge in [-0.1, -0.05) is 224 Å². The molecule has 1 aromatic heterocycles. The molecule has 0 fully saturated rings. The van der Waals surface area contributed by atoms with Crippen molar-refractivity contribution >= 4 is 43.4 Å². The molecule has 70 heavy (non-hydrogen) atoms. The van der Waals surface area contributed by atoms with Crippen molar-refractivity contribution in [3.8, 4) is 83.6 Å². The van der Waals surface area contributed by atoms with Crippen molar-refractivity contribution in [1.82, 2.24) is 4.57 Å². The van der Waals surface area contributed by atoms with Gasteiger partial charge in [0.1, 0.15) is 0 Å². The number of hydrogen-bond donors (Lipinski definition) is 0. The molecule has 13 aromatic rings. The first kappa shape index (κ1) is 40.1. The van der Waals surface area contributed by atoms with Crippen molar-refractivity contribution in [2.45, 2.75) is 6.42 Å². The van der Waals surface area contributed by atoms with Crippen LogP contribution in [0.15, 0.2) is 261 Å². The zero-order valence-corrected chi connectivity index (χ0v) is 38.5. The molecule has 0 spiro atoms. The Hall–Kier alpha value is -9.04. The van der Waals surface area contributed by atoms with Crippen molar-refractivity contribution < 1.29 is 0 Å². The molecule has 1 aliphatic carbocycles. The number of rotatable bonds is 7. The summed E-state index contributed by atoms with van der Waals surface area (Å²) in [6.07, 6.45) is 0.958. The molecule has 1 heteroatoms. The van der Waals surface area contributed by atoms with Gasteiger partial charge in [0.25, 0.3) is 0 Å². The van der Waals surface area contributed by atoms with E-state index in [9.17, 15) is 0 Å². The molecule has 0 saturated heterocycles. The van der Waals surface area contributed by atoms with Gasteiger partial charge in [-0.15, -0.1) is 0 Å². The van der Waals surface area contributed by atoms with E-state index in [-0.39, 0.29) is 0 Å². The van der Waals surface area contributed by atoms with Gasteiger partial charge in [-0.3, -0.25) is 0 Å². The second kappa shape index (κ2) is 16.3. The van der Waals surface area contributed by atoms with E-state index in [1.165, 1.54) is 138 Å². The molecule has 0 aliphatic heterocycles. The van der Waals surface area contributed by atoms with Crippen LogP contribution in [0.3, 0.4) is 0 Å². The van der Waals surface area contributed by atoms with E-state index < -0.39 is 0 Å². The summed E-state index contributed by atoms with van der Waals surface area (Å²) in [6.45, 7) is 0. The van der Waals surface area contributed by atoms with Crippen molar-refractivity contribution in [3.05, 3.63) is 272 Å². The fourth-order valence-corrected chi connectivity index (χ4v) is 11.3. The molecule has 0 radical (unpaired) electrons. The number of fused-ring (bicyclic) bond motifs is 8. The maximum atomic E-state index is 2.47. The van der Waals surface area contributed by atoms with Gasteiger partial charge in [-0.05, 0) is 153 Å². The van der Waals surface area contributed by atoms with E-state index in [0.29, 0.717) is 0 Å². The predicted molar refractivity (Wildman–Crippen MR) is 297 cm³/mol. The minimum absolute atomic E-state index is 0.958. The summed E-state index contributed by atoms with van der Waals surface area (Å²) in [7, 11) is 0. The molecule has 14 rings (SSSR count). The summed E-state index contributed by atoms with van der Waals surface area (Å²) in [5.74, 6) is 0. The fourth-order valence-electron chi connectivity index (χ4n) is 11.3. The predicted octanol–water partition coefficient (Wildman–Crippen LogP) is 18.7. The summed E-state index contributed by atoms with van der Waals surface area (Å²) in [5.41, 5.74) is 23.7. The molecule has 326 valence electrons. The molecule has 0 amide bonds. The van der Waals surface area contributed by atoms with E-state index in [2.05, 4.69) is 265 Å². The van der Waals surface area contributed by atoms with Gasteiger partial charge in [-0.2, -0.15) is 0 Å². The number of aromatic nitrogens is 1. The molecule has 0 saturated carbocycles. The fraction of sp³-hybridized carbons (Fsp3) is 0.0145. The van der Waals surface area contributed by atoms with Gasteiger partial charge < -0.3 is 4.57 Å². The van der Waals surface area contributed by atoms with E-state index in [4.69, 9.17) is 0 Å². The first-order chi connectivity index (χ1) is 34.7. The zero-order valence-electron chi connectivity index (χ0n) is 38.5. The Morgan fingerprint density at radius 3 is 1.10 bits per heavy atom. The summed E-state index contributed by atoms with van der Waals surface area (Å²) in [5, 5.41) is 7.57. The third kappa shape index (κ3) is 6.78. The number of hydrogen-bond acceptors (Lipinski definition) is 0. The van der Waals surface area contributed by atoms with Crippen molar-refractivity contribution in [2.24, 2.45) is 0 Å². The van der Waals surface area contributed by atoms with Crippen molar-refractivity contribution in [3.63, 3.8) is 0 Å². The molecule has 0 bridgehead atoms. The van der Waals surface area contributed by atoms with Crippen LogP contribution in [0.25, 0.3) is 127 Å². The van der Waals surface area contributed by atoms with Crippen molar-refractivity contribution in [2.75, 3.05) is 0 Å². The van der Waals surface area contributed by atoms with Crippen LogP contribution in [0.5, 0.6) is 0 Å². The summed E-state index contributed by atoms with van der Waals surface area (Å²) in [4.78, 5) is 0. The van der Waals surface area contributed by atoms with Gasteiger partial charge in [0.2, 0.25) is 0 Å². The average molecular weight is 888 g/mol. The lowest BCUT2D eigenvalue weighted by atomic mass is 9.95. The second-order valence-electron chi connectivity index (χ2n) is 18.8. The SMILES string of the molecule is c1ccc2c(c1)Cc1cc(-n3c4ccc(-c5ccc(-c6ccc(-c7cccc8ccccc78)cc6)cc5)cc4c4cc(-c5ccc(-c6ccc(-c7cccc8ccccc78)cc6)cc5)ccc43)ccc1-2. The first-order valence-corrected chi connectivity index (χ1v) is 24.3. The number of nitrogens with zero attached hydrogens (tertiary/aromatic N) is 1. The molecule has 1 heterocycles. The van der Waals surface area contributed by atoms with Crippen LogP contribution in [-0.4, -0.2) is 4.57 Å². The highest BCUT2D eigenvalue weighted by Crippen LogP contribution is 2.42. The highest BCUT2D eigenvalue weighted by molar-refractivity contribution is 6.12. The van der Waals surface area contributed by atoms with Crippen LogP contribution in [0, 0.1) is 0 Å². The lowest BCUT2D eigenvalue weighted by Crippen LogP contribution is -1.95. The first-order valence-electron chi connectivity index (χ1n) is 24.3. The van der Waals surface area contributed by atoms with Gasteiger partial charge in [0.15, 0.2) is 0 Å². The Kier molecular flexibility index (Phi) is 9.35. The highest BCUT2D eigenvalue weighted by Gasteiger charge is 2.21. The lowest BCUT2D eigenvalue weighted by molar-refractivity contribution is 1.16. The summed E-state index contributed by atoms with van der Waals surface area (Å²) >= 11 is 0. The van der Waals surface area contributed by atoms with Crippen LogP contribution in [0.4, 0.5) is 0 Å². The lowest BCUT2D eigenvalue weighted by Gasteiger charge is -2.11. The quantitative estimate of drug-likeness (QED) is 0.150. The maximum Gasteiger partial charge on any atom is 0.0541 e. The molecule has 0 atom stereocenters. The van der Waals surface area contributed by atoms with Crippen LogP contribution < -0.4 is 0 Å². The van der Waals surface area contributed by atoms with E-state index >= 15 is 0 Å². The van der Waals surface area contributed by atoms with Crippen LogP contribution in [0.2, 0.25) is 0 Å². The summed E-state index contributed by atoms with van der Waals surface area (Å²) < 4.78 is 2.47. The highest BCUT2D eigenvalue weighted by atomic mass is 15.0. The van der Waals surface area contributed by atoms with E-state index in [1.54, 1.807) is 0 Å². The minimum Gasteiger partial charge on any atom is -0.309 e. The molecule has 12 aromatic carbocycles. The third-order valence-corrected chi connectivity index (χ3v) is 14.9. The Morgan fingerprint density at radius 1 is 0.229 bits per heavy atom. The molecule has 1 nitrogen and oxygen atoms in total. The van der Waals surface area contributed by atoms with Crippen molar-refractivity contribution in [1.29, 1.82) is 0 Å². The molecular formula is C69H45N. The van der Waals surface area contributed by atoms with Gasteiger partial charge in [-0.25, -0.2) is 0 Å². The van der Waals surface area contributed by atoms with Gasteiger partial charge >= 0.3 is 0 Å². The van der Waals surface area contributed by atoms with Crippen LogP contribution in [0.1, 0.15) is 11.1 Å². The smallest absolute Gasteiger partial charge is 0.0541 e. The molecule has 0 unspecified atom stereocenters. The second-order valence-corrected chi connectivity index (χ2v) is 18.8. The van der Waals surface area contributed by atoms with E-state index in [0.717, 1.165) is 6.42 Å². The number of benzene rings is 12. The Balaban J connectivity index is 0.810. The minimum atomic E-state index is 0.958. The molecular weight excluding hydrogens is 843 g/mol. The van der Waals surface area contributed by atoms with Crippen LogP contribution >= 0.6 is 0 Å². The molecule has 1 aliphatic rings. The van der Waals surface area contributed by atoms with Crippen LogP contribution in [-0.2, 0) is 6.42 Å². The van der Waals surface area contributed by atoms with Gasteiger partial charge in [0, 0.05) is 16.5 Å². The summed E-state index contributed by atoms with van der Waals surface area (Å²) in [6, 6.07) is 96.5. The topological polar surface area (TPSA) is 4.93 Å². The normalized spacial score (nSPS) is 11.9. The Morgan fingerprint density at radius 2 is 0.600 bits per heavy atom. The monoisotopic (exact) mass is 887 g/mol. The largest absolute Gasteiger partial charge is 0.309 e. The Labute approximate surface area is 407 Å². The van der Waals surface area contributed by atoms with Gasteiger partial charge in [0.05, 0.1) is 11.0 Å². The molecule has 0 N–H and O–H groups in total. The maximum absolute atomic E-state index is 2.47.